The maximum absolute atomic E-state index is 12.4. The molecule has 9 heteroatoms. The molecule has 0 saturated heterocycles. The predicted octanol–water partition coefficient (Wildman–Crippen LogP) is 2.97. The van der Waals surface area contributed by atoms with Crippen molar-refractivity contribution in [3.8, 4) is 0 Å². The zero-order valence-corrected chi connectivity index (χ0v) is 16.2. The summed E-state index contributed by atoms with van der Waals surface area (Å²) in [5, 5.41) is 2.59. The van der Waals surface area contributed by atoms with Crippen LogP contribution in [0, 0.1) is 0 Å². The lowest BCUT2D eigenvalue weighted by Gasteiger charge is -2.15. The summed E-state index contributed by atoms with van der Waals surface area (Å²) in [5.74, 6) is -0.605. The number of ketones is 1. The highest BCUT2D eigenvalue weighted by Crippen LogP contribution is 2.27. The van der Waals surface area contributed by atoms with Crippen LogP contribution in [0.25, 0.3) is 0 Å². The van der Waals surface area contributed by atoms with Gasteiger partial charge in [-0.1, -0.05) is 12.1 Å². The summed E-state index contributed by atoms with van der Waals surface area (Å²) in [6.07, 6.45) is 0. The number of hydrogen-bond donors (Lipinski definition) is 1. The fourth-order valence-corrected chi connectivity index (χ4v) is 5.24. The lowest BCUT2D eigenvalue weighted by Crippen LogP contribution is -2.34. The van der Waals surface area contributed by atoms with Gasteiger partial charge in [-0.3, -0.25) is 9.59 Å². The smallest absolute Gasteiger partial charge is 0.252 e. The number of rotatable bonds is 6. The van der Waals surface area contributed by atoms with Crippen LogP contribution in [-0.2, 0) is 14.8 Å². The van der Waals surface area contributed by atoms with E-state index in [2.05, 4.69) is 21.2 Å². The van der Waals surface area contributed by atoms with Gasteiger partial charge in [-0.2, -0.15) is 4.31 Å². The second-order valence-corrected chi connectivity index (χ2v) is 9.74. The van der Waals surface area contributed by atoms with Crippen LogP contribution in [0.5, 0.6) is 0 Å². The number of thiophene rings is 1. The fraction of sp³-hybridized carbons (Fsp3) is 0.200. The molecule has 2 rings (SSSR count). The summed E-state index contributed by atoms with van der Waals surface area (Å²) in [5.41, 5.74) is 0.912. The topological polar surface area (TPSA) is 83.6 Å². The molecule has 0 saturated carbocycles. The number of halogens is 1. The summed E-state index contributed by atoms with van der Waals surface area (Å²) in [7, 11) is -2.38. The average molecular weight is 431 g/mol. The van der Waals surface area contributed by atoms with E-state index in [-0.39, 0.29) is 16.5 Å². The molecular weight excluding hydrogens is 416 g/mol. The Labute approximate surface area is 152 Å². The van der Waals surface area contributed by atoms with Gasteiger partial charge in [0.15, 0.2) is 5.78 Å². The highest BCUT2D eigenvalue weighted by atomic mass is 79.9. The minimum absolute atomic E-state index is 0.117. The second-order valence-electron chi connectivity index (χ2n) is 5.00. The predicted molar refractivity (Wildman–Crippen MR) is 96.9 cm³/mol. The van der Waals surface area contributed by atoms with E-state index in [1.807, 2.05) is 0 Å². The highest BCUT2D eigenvalue weighted by molar-refractivity contribution is 9.11. The van der Waals surface area contributed by atoms with Gasteiger partial charge >= 0.3 is 0 Å². The summed E-state index contributed by atoms with van der Waals surface area (Å²) in [4.78, 5) is 23.4. The van der Waals surface area contributed by atoms with Crippen molar-refractivity contribution in [2.75, 3.05) is 18.9 Å². The van der Waals surface area contributed by atoms with Crippen molar-refractivity contribution >= 4 is 54.7 Å². The Morgan fingerprint density at radius 1 is 1.25 bits per heavy atom. The third kappa shape index (κ3) is 4.50. The molecule has 0 aliphatic heterocycles. The van der Waals surface area contributed by atoms with Crippen molar-refractivity contribution in [3.05, 3.63) is 45.7 Å². The number of Topliss-reactive ketones (excluding diaryl/α,β-unsaturated/α-hetero) is 1. The van der Waals surface area contributed by atoms with Crippen molar-refractivity contribution in [1.82, 2.24) is 4.31 Å². The van der Waals surface area contributed by atoms with Crippen LogP contribution < -0.4 is 5.32 Å². The molecule has 0 fully saturated rings. The van der Waals surface area contributed by atoms with Crippen LogP contribution in [0.15, 0.2) is 44.4 Å². The first-order valence-corrected chi connectivity index (χ1v) is 9.87. The van der Waals surface area contributed by atoms with Crippen LogP contribution in [0.1, 0.15) is 17.3 Å². The molecule has 0 bridgehead atoms. The molecule has 0 unspecified atom stereocenters. The van der Waals surface area contributed by atoms with Gasteiger partial charge in [0.1, 0.15) is 4.21 Å². The van der Waals surface area contributed by atoms with E-state index in [1.165, 1.54) is 20.0 Å². The SMILES string of the molecule is CC(=O)c1cccc(NC(=O)CN(C)S(=O)(=O)c2ccc(Br)s2)c1. The molecule has 0 radical (unpaired) electrons. The molecule has 2 aromatic rings. The molecule has 128 valence electrons. The van der Waals surface area contributed by atoms with Crippen molar-refractivity contribution in [2.45, 2.75) is 11.1 Å². The molecule has 0 aliphatic carbocycles. The summed E-state index contributed by atoms with van der Waals surface area (Å²) in [6, 6.07) is 9.59. The molecule has 1 amide bonds. The van der Waals surface area contributed by atoms with E-state index in [4.69, 9.17) is 0 Å². The number of hydrogen-bond acceptors (Lipinski definition) is 5. The van der Waals surface area contributed by atoms with Crippen LogP contribution in [0.3, 0.4) is 0 Å². The van der Waals surface area contributed by atoms with E-state index in [9.17, 15) is 18.0 Å². The van der Waals surface area contributed by atoms with Crippen molar-refractivity contribution in [1.29, 1.82) is 0 Å². The highest BCUT2D eigenvalue weighted by Gasteiger charge is 2.24. The third-order valence-electron chi connectivity index (χ3n) is 3.13. The molecule has 1 aromatic carbocycles. The second kappa shape index (κ2) is 7.56. The lowest BCUT2D eigenvalue weighted by molar-refractivity contribution is -0.116. The minimum atomic E-state index is -3.72. The molecule has 1 heterocycles. The van der Waals surface area contributed by atoms with Gasteiger partial charge in [-0.15, -0.1) is 11.3 Å². The molecule has 24 heavy (non-hydrogen) atoms. The molecule has 6 nitrogen and oxygen atoms in total. The number of nitrogens with zero attached hydrogens (tertiary/aromatic N) is 1. The zero-order valence-electron chi connectivity index (χ0n) is 12.9. The van der Waals surface area contributed by atoms with Crippen LogP contribution in [0.2, 0.25) is 0 Å². The lowest BCUT2D eigenvalue weighted by atomic mass is 10.1. The third-order valence-corrected chi connectivity index (χ3v) is 7.03. The van der Waals surface area contributed by atoms with Gasteiger partial charge in [0.05, 0.1) is 10.3 Å². The maximum atomic E-state index is 12.4. The Kier molecular flexibility index (Phi) is 5.92. The molecular formula is C15H15BrN2O4S2. The summed E-state index contributed by atoms with van der Waals surface area (Å²) >= 11 is 4.29. The largest absolute Gasteiger partial charge is 0.325 e. The van der Waals surface area contributed by atoms with E-state index in [1.54, 1.807) is 30.3 Å². The molecule has 0 spiro atoms. The monoisotopic (exact) mass is 430 g/mol. The van der Waals surface area contributed by atoms with E-state index in [0.29, 0.717) is 15.0 Å². The standard InChI is InChI=1S/C15H15BrN2O4S2/c1-10(19)11-4-3-5-12(8-11)17-14(20)9-18(2)24(21,22)15-7-6-13(16)23-15/h3-8H,9H2,1-2H3,(H,17,20). The van der Waals surface area contributed by atoms with Crippen molar-refractivity contribution in [3.63, 3.8) is 0 Å². The van der Waals surface area contributed by atoms with Crippen LogP contribution in [-0.4, -0.2) is 38.0 Å². The Balaban J connectivity index is 2.06. The van der Waals surface area contributed by atoms with Gasteiger partial charge in [0.2, 0.25) is 5.91 Å². The van der Waals surface area contributed by atoms with Gasteiger partial charge in [-0.05, 0) is 47.1 Å². The molecule has 0 atom stereocenters. The quantitative estimate of drug-likeness (QED) is 0.713. The molecule has 1 aromatic heterocycles. The van der Waals surface area contributed by atoms with Crippen molar-refractivity contribution < 1.29 is 18.0 Å². The van der Waals surface area contributed by atoms with Crippen LogP contribution >= 0.6 is 27.3 Å². The number of anilines is 1. The number of benzene rings is 1. The number of carbonyl (C=O) groups excluding carboxylic acids is 2. The normalized spacial score (nSPS) is 11.5. The number of sulfonamides is 1. The van der Waals surface area contributed by atoms with Gasteiger partial charge in [0, 0.05) is 18.3 Å². The zero-order chi connectivity index (χ0) is 17.9. The number of carbonyl (C=O) groups is 2. The van der Waals surface area contributed by atoms with E-state index < -0.39 is 15.9 Å². The van der Waals surface area contributed by atoms with Gasteiger partial charge < -0.3 is 5.32 Å². The Bertz CT molecular complexity index is 877. The van der Waals surface area contributed by atoms with E-state index >= 15 is 0 Å². The summed E-state index contributed by atoms with van der Waals surface area (Å²) in [6.45, 7) is 1.10. The minimum Gasteiger partial charge on any atom is -0.325 e. The first-order valence-electron chi connectivity index (χ1n) is 6.82. The Hall–Kier alpha value is -1.55. The number of likely N-dealkylation sites (N-methyl/N-ethyl adjacent to an activating group) is 1. The number of amides is 1. The van der Waals surface area contributed by atoms with E-state index in [0.717, 1.165) is 15.6 Å². The van der Waals surface area contributed by atoms with Crippen molar-refractivity contribution in [2.24, 2.45) is 0 Å². The van der Waals surface area contributed by atoms with Gasteiger partial charge in [-0.25, -0.2) is 8.42 Å². The Morgan fingerprint density at radius 3 is 2.54 bits per heavy atom. The average Bonchev–Trinajstić information content (AvgIpc) is 2.94. The molecule has 0 aliphatic rings. The first kappa shape index (κ1) is 18.8. The maximum Gasteiger partial charge on any atom is 0.252 e. The van der Waals surface area contributed by atoms with Crippen LogP contribution in [0.4, 0.5) is 5.69 Å². The fourth-order valence-electron chi connectivity index (χ4n) is 1.89. The Morgan fingerprint density at radius 2 is 1.96 bits per heavy atom. The van der Waals surface area contributed by atoms with Gasteiger partial charge in [0.25, 0.3) is 10.0 Å². The molecule has 1 N–H and O–H groups in total. The number of nitrogens with one attached hydrogen (secondary N) is 1. The summed E-state index contributed by atoms with van der Waals surface area (Å²) < 4.78 is 26.6. The first-order chi connectivity index (χ1) is 11.2.